The van der Waals surface area contributed by atoms with Crippen LogP contribution in [0.15, 0.2) is 42.6 Å². The van der Waals surface area contributed by atoms with Crippen molar-refractivity contribution in [3.63, 3.8) is 0 Å². The molecule has 0 saturated heterocycles. The summed E-state index contributed by atoms with van der Waals surface area (Å²) in [5, 5.41) is 0.578. The lowest BCUT2D eigenvalue weighted by Gasteiger charge is -2.07. The number of halogens is 1. The van der Waals surface area contributed by atoms with E-state index in [2.05, 4.69) is 4.98 Å². The molecular weight excluding hydrogens is 238 g/mol. The molecule has 0 atom stereocenters. The first-order valence-corrected chi connectivity index (χ1v) is 5.39. The number of esters is 1. The predicted molar refractivity (Wildman–Crippen MR) is 66.0 cm³/mol. The molecule has 0 aliphatic rings. The van der Waals surface area contributed by atoms with Crippen LogP contribution in [0.5, 0.6) is 0 Å². The van der Waals surface area contributed by atoms with Crippen LogP contribution in [0, 0.1) is 0 Å². The van der Waals surface area contributed by atoms with Crippen LogP contribution < -0.4 is 0 Å². The van der Waals surface area contributed by atoms with Crippen LogP contribution >= 0.6 is 11.6 Å². The maximum atomic E-state index is 11.6. The Balaban J connectivity index is 2.55. The first kappa shape index (κ1) is 11.6. The molecule has 0 unspecified atom stereocenters. The number of methoxy groups -OCH3 is 1. The van der Waals surface area contributed by atoms with Gasteiger partial charge in [-0.25, -0.2) is 4.79 Å². The molecule has 4 heteroatoms. The van der Waals surface area contributed by atoms with Crippen molar-refractivity contribution in [2.45, 2.75) is 0 Å². The molecular formula is C13H10ClNO2. The number of carbonyl (C=O) groups is 1. The summed E-state index contributed by atoms with van der Waals surface area (Å²) in [4.78, 5) is 15.8. The van der Waals surface area contributed by atoms with Gasteiger partial charge >= 0.3 is 5.97 Å². The first-order valence-electron chi connectivity index (χ1n) is 5.01. The van der Waals surface area contributed by atoms with Gasteiger partial charge in [-0.15, -0.1) is 0 Å². The maximum Gasteiger partial charge on any atom is 0.338 e. The van der Waals surface area contributed by atoms with Gasteiger partial charge < -0.3 is 4.74 Å². The summed E-state index contributed by atoms with van der Waals surface area (Å²) in [6.07, 6.45) is 1.60. The van der Waals surface area contributed by atoms with Crippen molar-refractivity contribution in [1.29, 1.82) is 0 Å². The molecule has 0 saturated carbocycles. The first-order chi connectivity index (χ1) is 8.22. The van der Waals surface area contributed by atoms with Gasteiger partial charge in [-0.1, -0.05) is 29.8 Å². The summed E-state index contributed by atoms with van der Waals surface area (Å²) in [5.41, 5.74) is 1.84. The molecule has 0 amide bonds. The lowest BCUT2D eigenvalue weighted by molar-refractivity contribution is 0.0601. The van der Waals surface area contributed by atoms with Gasteiger partial charge in [0, 0.05) is 16.8 Å². The Morgan fingerprint density at radius 1 is 1.29 bits per heavy atom. The van der Waals surface area contributed by atoms with E-state index < -0.39 is 0 Å². The molecule has 0 spiro atoms. The maximum absolute atomic E-state index is 11.6. The van der Waals surface area contributed by atoms with Crippen molar-refractivity contribution in [1.82, 2.24) is 4.98 Å². The van der Waals surface area contributed by atoms with E-state index in [0.29, 0.717) is 21.8 Å². The molecule has 0 aliphatic carbocycles. The zero-order chi connectivity index (χ0) is 12.3. The summed E-state index contributed by atoms with van der Waals surface area (Å²) in [7, 11) is 1.35. The molecule has 2 rings (SSSR count). The highest BCUT2D eigenvalue weighted by Crippen LogP contribution is 2.24. The van der Waals surface area contributed by atoms with Gasteiger partial charge in [-0.2, -0.15) is 0 Å². The minimum absolute atomic E-state index is 0.387. The molecule has 1 aromatic carbocycles. The van der Waals surface area contributed by atoms with Gasteiger partial charge in [-0.05, 0) is 18.2 Å². The second-order valence-corrected chi connectivity index (χ2v) is 3.83. The van der Waals surface area contributed by atoms with Crippen LogP contribution in [0.2, 0.25) is 5.02 Å². The van der Waals surface area contributed by atoms with Crippen LogP contribution in [0.1, 0.15) is 10.4 Å². The fourth-order valence-electron chi connectivity index (χ4n) is 1.55. The molecule has 17 heavy (non-hydrogen) atoms. The molecule has 0 N–H and O–H groups in total. The van der Waals surface area contributed by atoms with E-state index in [9.17, 15) is 4.79 Å². The van der Waals surface area contributed by atoms with Crippen LogP contribution in [0.3, 0.4) is 0 Å². The monoisotopic (exact) mass is 247 g/mol. The summed E-state index contributed by atoms with van der Waals surface area (Å²) >= 11 is 5.90. The topological polar surface area (TPSA) is 39.2 Å². The summed E-state index contributed by atoms with van der Waals surface area (Å²) in [6.45, 7) is 0. The predicted octanol–water partition coefficient (Wildman–Crippen LogP) is 3.19. The third kappa shape index (κ3) is 2.45. The lowest BCUT2D eigenvalue weighted by atomic mass is 10.0. The van der Waals surface area contributed by atoms with Gasteiger partial charge in [-0.3, -0.25) is 4.98 Å². The molecule has 86 valence electrons. The van der Waals surface area contributed by atoms with Crippen LogP contribution in [-0.2, 0) is 4.74 Å². The smallest absolute Gasteiger partial charge is 0.338 e. The Morgan fingerprint density at radius 2 is 2.06 bits per heavy atom. The van der Waals surface area contributed by atoms with E-state index in [0.717, 1.165) is 0 Å². The minimum Gasteiger partial charge on any atom is -0.465 e. The van der Waals surface area contributed by atoms with Crippen molar-refractivity contribution >= 4 is 17.6 Å². The van der Waals surface area contributed by atoms with E-state index in [1.54, 1.807) is 30.5 Å². The van der Waals surface area contributed by atoms with Gasteiger partial charge in [0.25, 0.3) is 0 Å². The van der Waals surface area contributed by atoms with Crippen molar-refractivity contribution in [3.8, 4) is 11.3 Å². The number of hydrogen-bond acceptors (Lipinski definition) is 3. The zero-order valence-electron chi connectivity index (χ0n) is 9.18. The largest absolute Gasteiger partial charge is 0.465 e. The Bertz CT molecular complexity index is 555. The summed E-state index contributed by atoms with van der Waals surface area (Å²) < 4.78 is 4.73. The average Bonchev–Trinajstić information content (AvgIpc) is 2.38. The summed E-state index contributed by atoms with van der Waals surface area (Å²) in [6, 6.07) is 10.5. The Morgan fingerprint density at radius 3 is 2.76 bits per heavy atom. The van der Waals surface area contributed by atoms with Crippen LogP contribution in [0.25, 0.3) is 11.3 Å². The van der Waals surface area contributed by atoms with E-state index in [1.807, 2.05) is 12.1 Å². The molecule has 3 nitrogen and oxygen atoms in total. The number of benzene rings is 1. The molecule has 0 aliphatic heterocycles. The molecule has 0 fully saturated rings. The fourth-order valence-corrected chi connectivity index (χ4v) is 1.71. The number of ether oxygens (including phenoxy) is 1. The Kier molecular flexibility index (Phi) is 3.40. The molecule has 1 aromatic heterocycles. The second-order valence-electron chi connectivity index (χ2n) is 3.40. The van der Waals surface area contributed by atoms with Gasteiger partial charge in [0.2, 0.25) is 0 Å². The number of aromatic nitrogens is 1. The van der Waals surface area contributed by atoms with Gasteiger partial charge in [0.15, 0.2) is 0 Å². The molecule has 1 heterocycles. The summed E-state index contributed by atoms with van der Waals surface area (Å²) in [5.74, 6) is -0.387. The third-order valence-electron chi connectivity index (χ3n) is 2.33. The SMILES string of the molecule is COC(=O)c1ccccc1-c1cc(Cl)ccn1. The van der Waals surface area contributed by atoms with E-state index in [4.69, 9.17) is 16.3 Å². The third-order valence-corrected chi connectivity index (χ3v) is 2.57. The van der Waals surface area contributed by atoms with Crippen LogP contribution in [-0.4, -0.2) is 18.1 Å². The number of nitrogens with zero attached hydrogens (tertiary/aromatic N) is 1. The van der Waals surface area contributed by atoms with Crippen molar-refractivity contribution < 1.29 is 9.53 Å². The zero-order valence-corrected chi connectivity index (χ0v) is 9.94. The molecule has 2 aromatic rings. The number of hydrogen-bond donors (Lipinski definition) is 0. The quantitative estimate of drug-likeness (QED) is 0.765. The highest BCUT2D eigenvalue weighted by atomic mass is 35.5. The standard InChI is InChI=1S/C13H10ClNO2/c1-17-13(16)11-5-3-2-4-10(11)12-8-9(14)6-7-15-12/h2-8H,1H3. The number of pyridine rings is 1. The second kappa shape index (κ2) is 4.97. The minimum atomic E-state index is -0.387. The average molecular weight is 248 g/mol. The fraction of sp³-hybridized carbons (Fsp3) is 0.0769. The van der Waals surface area contributed by atoms with Crippen molar-refractivity contribution in [2.24, 2.45) is 0 Å². The van der Waals surface area contributed by atoms with Crippen molar-refractivity contribution in [2.75, 3.05) is 7.11 Å². The lowest BCUT2D eigenvalue weighted by Crippen LogP contribution is -2.03. The van der Waals surface area contributed by atoms with Gasteiger partial charge in [0.1, 0.15) is 0 Å². The van der Waals surface area contributed by atoms with E-state index in [-0.39, 0.29) is 5.97 Å². The Hall–Kier alpha value is -1.87. The molecule has 0 bridgehead atoms. The van der Waals surface area contributed by atoms with E-state index >= 15 is 0 Å². The highest BCUT2D eigenvalue weighted by Gasteiger charge is 2.13. The normalized spacial score (nSPS) is 10.0. The van der Waals surface area contributed by atoms with Gasteiger partial charge in [0.05, 0.1) is 18.4 Å². The van der Waals surface area contributed by atoms with E-state index in [1.165, 1.54) is 7.11 Å². The Labute approximate surface area is 104 Å². The van der Waals surface area contributed by atoms with Crippen molar-refractivity contribution in [3.05, 3.63) is 53.2 Å². The van der Waals surface area contributed by atoms with Crippen LogP contribution in [0.4, 0.5) is 0 Å². The number of carbonyl (C=O) groups excluding carboxylic acids is 1. The number of rotatable bonds is 2. The molecule has 0 radical (unpaired) electrons. The highest BCUT2D eigenvalue weighted by molar-refractivity contribution is 6.30.